The fourth-order valence-corrected chi connectivity index (χ4v) is 4.41. The fraction of sp³-hybridized carbons (Fsp3) is 0.700. The number of carbonyl (C=O) groups excluding carboxylic acids is 2. The van der Waals surface area contributed by atoms with Gasteiger partial charge in [-0.05, 0) is 27.2 Å². The lowest BCUT2D eigenvalue weighted by Gasteiger charge is -2.34. The highest BCUT2D eigenvalue weighted by Gasteiger charge is 2.61. The first kappa shape index (κ1) is 21.0. The predicted molar refractivity (Wildman–Crippen MR) is 96.7 cm³/mol. The first-order valence-corrected chi connectivity index (χ1v) is 9.49. The Bertz CT molecular complexity index is 715. The molecule has 2 bridgehead atoms. The van der Waals surface area contributed by atoms with Gasteiger partial charge in [0.1, 0.15) is 12.2 Å². The average molecular weight is 396 g/mol. The topological polar surface area (TPSA) is 123 Å². The van der Waals surface area contributed by atoms with Crippen LogP contribution >= 0.6 is 0 Å². The van der Waals surface area contributed by atoms with Crippen molar-refractivity contribution in [1.29, 1.82) is 0 Å². The molecule has 0 radical (unpaired) electrons. The number of ether oxygens (including phenoxy) is 3. The SMILES string of the molecule is C=C1C(=O)OC2CC(CO)C3(O)CC(O)C(C)(CC(OC(=O)/C(C)=C\C)C12)O3. The van der Waals surface area contributed by atoms with Gasteiger partial charge in [-0.3, -0.25) is 0 Å². The molecule has 3 heterocycles. The molecule has 7 atom stereocenters. The molecule has 3 rings (SSSR count). The molecular formula is C20H28O8. The van der Waals surface area contributed by atoms with E-state index in [1.165, 1.54) is 0 Å². The lowest BCUT2D eigenvalue weighted by Crippen LogP contribution is -2.44. The molecule has 0 aromatic rings. The lowest BCUT2D eigenvalue weighted by molar-refractivity contribution is -0.260. The molecule has 7 unspecified atom stereocenters. The highest BCUT2D eigenvalue weighted by Crippen LogP contribution is 2.49. The summed E-state index contributed by atoms with van der Waals surface area (Å²) in [6, 6.07) is 0. The van der Waals surface area contributed by atoms with E-state index in [4.69, 9.17) is 14.2 Å². The molecular weight excluding hydrogens is 368 g/mol. The Kier molecular flexibility index (Phi) is 5.44. The third-order valence-corrected chi connectivity index (χ3v) is 6.32. The van der Waals surface area contributed by atoms with Crippen molar-refractivity contribution in [3.63, 3.8) is 0 Å². The maximum atomic E-state index is 12.4. The van der Waals surface area contributed by atoms with Crippen LogP contribution in [-0.4, -0.2) is 63.6 Å². The van der Waals surface area contributed by atoms with E-state index in [0.29, 0.717) is 5.57 Å². The van der Waals surface area contributed by atoms with E-state index in [1.54, 1.807) is 26.8 Å². The summed E-state index contributed by atoms with van der Waals surface area (Å²) in [7, 11) is 0. The number of allylic oxidation sites excluding steroid dienone is 1. The molecule has 28 heavy (non-hydrogen) atoms. The van der Waals surface area contributed by atoms with Gasteiger partial charge in [-0.2, -0.15) is 0 Å². The van der Waals surface area contributed by atoms with E-state index in [1.807, 2.05) is 0 Å². The number of aliphatic hydroxyl groups is 3. The van der Waals surface area contributed by atoms with Crippen molar-refractivity contribution in [3.05, 3.63) is 23.8 Å². The normalized spacial score (nSPS) is 43.6. The van der Waals surface area contributed by atoms with Crippen LogP contribution in [0.3, 0.4) is 0 Å². The molecule has 0 amide bonds. The molecule has 0 saturated carbocycles. The smallest absolute Gasteiger partial charge is 0.334 e. The molecule has 3 aliphatic heterocycles. The van der Waals surface area contributed by atoms with Crippen LogP contribution in [0, 0.1) is 11.8 Å². The second-order valence-corrected chi connectivity index (χ2v) is 8.21. The summed E-state index contributed by atoms with van der Waals surface area (Å²) < 4.78 is 17.0. The van der Waals surface area contributed by atoms with Gasteiger partial charge in [0.2, 0.25) is 0 Å². The van der Waals surface area contributed by atoms with Gasteiger partial charge in [0.25, 0.3) is 0 Å². The zero-order chi connectivity index (χ0) is 20.9. The third-order valence-electron chi connectivity index (χ3n) is 6.32. The zero-order valence-corrected chi connectivity index (χ0v) is 16.4. The van der Waals surface area contributed by atoms with Crippen LogP contribution in [0.25, 0.3) is 0 Å². The monoisotopic (exact) mass is 396 g/mol. The largest absolute Gasteiger partial charge is 0.458 e. The van der Waals surface area contributed by atoms with Crippen molar-refractivity contribution in [2.24, 2.45) is 11.8 Å². The summed E-state index contributed by atoms with van der Waals surface area (Å²) in [5.41, 5.74) is -0.673. The summed E-state index contributed by atoms with van der Waals surface area (Å²) in [6.45, 7) is 8.33. The first-order valence-electron chi connectivity index (χ1n) is 9.49. The molecule has 0 aliphatic carbocycles. The van der Waals surface area contributed by atoms with Crippen LogP contribution in [0.2, 0.25) is 0 Å². The maximum absolute atomic E-state index is 12.4. The minimum absolute atomic E-state index is 0.0359. The molecule has 8 nitrogen and oxygen atoms in total. The number of rotatable bonds is 3. The van der Waals surface area contributed by atoms with Crippen LogP contribution in [0.5, 0.6) is 0 Å². The van der Waals surface area contributed by atoms with Crippen molar-refractivity contribution < 1.29 is 39.1 Å². The van der Waals surface area contributed by atoms with Gasteiger partial charge in [-0.25, -0.2) is 9.59 Å². The van der Waals surface area contributed by atoms with Crippen LogP contribution in [0.4, 0.5) is 0 Å². The second kappa shape index (κ2) is 7.26. The van der Waals surface area contributed by atoms with Gasteiger partial charge in [0, 0.05) is 29.9 Å². The Labute approximate surface area is 163 Å². The zero-order valence-electron chi connectivity index (χ0n) is 16.4. The van der Waals surface area contributed by atoms with Crippen molar-refractivity contribution in [2.75, 3.05) is 6.61 Å². The lowest BCUT2D eigenvalue weighted by atomic mass is 9.77. The molecule has 3 aliphatic rings. The van der Waals surface area contributed by atoms with Gasteiger partial charge in [0.15, 0.2) is 5.79 Å². The number of esters is 2. The highest BCUT2D eigenvalue weighted by molar-refractivity contribution is 5.91. The number of hydrogen-bond acceptors (Lipinski definition) is 8. The van der Waals surface area contributed by atoms with Gasteiger partial charge in [-0.15, -0.1) is 0 Å². The van der Waals surface area contributed by atoms with E-state index in [2.05, 4.69) is 6.58 Å². The third kappa shape index (κ3) is 3.39. The minimum Gasteiger partial charge on any atom is -0.458 e. The molecule has 0 spiro atoms. The summed E-state index contributed by atoms with van der Waals surface area (Å²) in [4.78, 5) is 24.6. The Balaban J connectivity index is 2.03. The van der Waals surface area contributed by atoms with E-state index in [0.717, 1.165) is 0 Å². The van der Waals surface area contributed by atoms with Crippen LogP contribution in [0.15, 0.2) is 23.8 Å². The molecule has 3 fully saturated rings. The van der Waals surface area contributed by atoms with Crippen molar-refractivity contribution in [2.45, 2.75) is 69.7 Å². The summed E-state index contributed by atoms with van der Waals surface area (Å²) in [5.74, 6) is -4.38. The highest BCUT2D eigenvalue weighted by atomic mass is 16.7. The van der Waals surface area contributed by atoms with Crippen molar-refractivity contribution >= 4 is 11.9 Å². The number of carbonyl (C=O) groups is 2. The number of hydrogen-bond donors (Lipinski definition) is 3. The molecule has 8 heteroatoms. The van der Waals surface area contributed by atoms with Crippen LogP contribution in [-0.2, 0) is 23.8 Å². The second-order valence-electron chi connectivity index (χ2n) is 8.21. The van der Waals surface area contributed by atoms with E-state index in [-0.39, 0.29) is 24.8 Å². The molecule has 3 N–H and O–H groups in total. The summed E-state index contributed by atoms with van der Waals surface area (Å²) >= 11 is 0. The minimum atomic E-state index is -1.78. The van der Waals surface area contributed by atoms with Gasteiger partial charge in [-0.1, -0.05) is 12.7 Å². The standard InChI is InChI=1S/C20H28O8/c1-5-10(2)17(23)27-14-7-19(4)15(22)8-20(25,28-19)12(9-21)6-13-16(14)11(3)18(24)26-13/h5,12-16,21-22,25H,3,6-9H2,1-2,4H3/b10-5-. The molecule has 156 valence electrons. The quantitative estimate of drug-likeness (QED) is 0.468. The molecule has 0 aromatic carbocycles. The average Bonchev–Trinajstić information content (AvgIpc) is 3.04. The fourth-order valence-electron chi connectivity index (χ4n) is 4.41. The van der Waals surface area contributed by atoms with E-state index >= 15 is 0 Å². The van der Waals surface area contributed by atoms with E-state index < -0.39 is 60.1 Å². The number of fused-ring (bicyclic) bond motifs is 3. The Morgan fingerprint density at radius 2 is 2.11 bits per heavy atom. The number of aliphatic hydroxyl groups excluding tert-OH is 2. The Hall–Kier alpha value is -1.74. The van der Waals surface area contributed by atoms with Crippen molar-refractivity contribution in [3.8, 4) is 0 Å². The van der Waals surface area contributed by atoms with Crippen LogP contribution in [0.1, 0.15) is 40.0 Å². The van der Waals surface area contributed by atoms with Crippen molar-refractivity contribution in [1.82, 2.24) is 0 Å². The molecule has 3 saturated heterocycles. The van der Waals surface area contributed by atoms with Gasteiger partial charge >= 0.3 is 11.9 Å². The van der Waals surface area contributed by atoms with Crippen LogP contribution < -0.4 is 0 Å². The predicted octanol–water partition coefficient (Wildman–Crippen LogP) is 0.593. The molecule has 0 aromatic heterocycles. The summed E-state index contributed by atoms with van der Waals surface area (Å²) in [5, 5.41) is 31.4. The van der Waals surface area contributed by atoms with Gasteiger partial charge < -0.3 is 29.5 Å². The maximum Gasteiger partial charge on any atom is 0.334 e. The van der Waals surface area contributed by atoms with E-state index in [9.17, 15) is 24.9 Å². The van der Waals surface area contributed by atoms with Gasteiger partial charge in [0.05, 0.1) is 24.2 Å². The first-order chi connectivity index (χ1) is 13.0. The Morgan fingerprint density at radius 1 is 1.43 bits per heavy atom. The summed E-state index contributed by atoms with van der Waals surface area (Å²) in [6.07, 6.45) is -0.993. The Morgan fingerprint density at radius 3 is 2.71 bits per heavy atom.